The maximum atomic E-state index is 7.38. The summed E-state index contributed by atoms with van der Waals surface area (Å²) in [6.07, 6.45) is 6.21. The van der Waals surface area contributed by atoms with Gasteiger partial charge in [0, 0.05) is 5.56 Å². The van der Waals surface area contributed by atoms with Crippen molar-refractivity contribution in [2.45, 2.75) is 45.1 Å². The van der Waals surface area contributed by atoms with E-state index in [0.717, 1.165) is 18.8 Å². The molecule has 2 rings (SSSR count). The van der Waals surface area contributed by atoms with Crippen LogP contribution in [0.3, 0.4) is 0 Å². The first-order valence-corrected chi connectivity index (χ1v) is 7.28. The smallest absolute Gasteiger partial charge is 0.138 e. The minimum absolute atomic E-state index is 0.0249. The molecule has 1 aromatic carbocycles. The van der Waals surface area contributed by atoms with E-state index in [2.05, 4.69) is 6.92 Å². The number of amidine groups is 1. The third-order valence-electron chi connectivity index (χ3n) is 3.91. The topological polar surface area (TPSA) is 59.1 Å². The predicted octanol–water partition coefficient (Wildman–Crippen LogP) is 3.97. The Labute approximate surface area is 119 Å². The van der Waals surface area contributed by atoms with Gasteiger partial charge in [0.2, 0.25) is 0 Å². The Morgan fingerprint density at radius 3 is 2.58 bits per heavy atom. The fourth-order valence-corrected chi connectivity index (χ4v) is 2.83. The molecular weight excluding hydrogens is 260 g/mol. The Hall–Kier alpha value is -1.22. The van der Waals surface area contributed by atoms with Crippen LogP contribution in [0.4, 0.5) is 0 Å². The first-order valence-electron chi connectivity index (χ1n) is 6.90. The van der Waals surface area contributed by atoms with Gasteiger partial charge in [0.25, 0.3) is 0 Å². The van der Waals surface area contributed by atoms with Gasteiger partial charge < -0.3 is 10.5 Å². The van der Waals surface area contributed by atoms with Crippen LogP contribution >= 0.6 is 11.6 Å². The van der Waals surface area contributed by atoms with E-state index >= 15 is 0 Å². The summed E-state index contributed by atoms with van der Waals surface area (Å²) in [4.78, 5) is 0. The normalized spacial score (nSPS) is 23.1. The number of nitrogens with two attached hydrogens (primary N) is 1. The van der Waals surface area contributed by atoms with Crippen LogP contribution < -0.4 is 10.5 Å². The third kappa shape index (κ3) is 3.63. The zero-order chi connectivity index (χ0) is 13.8. The molecule has 0 aliphatic heterocycles. The van der Waals surface area contributed by atoms with Gasteiger partial charge in [-0.2, -0.15) is 0 Å². The minimum atomic E-state index is 0.0249. The van der Waals surface area contributed by atoms with Crippen LogP contribution in [0.25, 0.3) is 0 Å². The summed E-state index contributed by atoms with van der Waals surface area (Å²) in [5.41, 5.74) is 6.06. The molecule has 4 heteroatoms. The van der Waals surface area contributed by atoms with Gasteiger partial charge in [0.05, 0.1) is 11.1 Å². The quantitative estimate of drug-likeness (QED) is 0.647. The Balaban J connectivity index is 1.98. The fraction of sp³-hybridized carbons (Fsp3) is 0.533. The van der Waals surface area contributed by atoms with Crippen molar-refractivity contribution in [2.24, 2.45) is 11.7 Å². The van der Waals surface area contributed by atoms with Gasteiger partial charge >= 0.3 is 0 Å². The van der Waals surface area contributed by atoms with E-state index in [1.165, 1.54) is 19.3 Å². The summed E-state index contributed by atoms with van der Waals surface area (Å²) < 4.78 is 5.97. The number of rotatable bonds is 4. The molecule has 1 aromatic rings. The number of benzene rings is 1. The Kier molecular flexibility index (Phi) is 4.70. The van der Waals surface area contributed by atoms with Crippen LogP contribution in [0.1, 0.15) is 44.6 Å². The van der Waals surface area contributed by atoms with E-state index in [1.807, 2.05) is 6.07 Å². The van der Waals surface area contributed by atoms with Gasteiger partial charge in [-0.15, -0.1) is 0 Å². The van der Waals surface area contributed by atoms with E-state index in [1.54, 1.807) is 12.1 Å². The SMILES string of the molecule is CCC1CCC(Oc2ccc(C(=N)N)cc2Cl)CC1. The summed E-state index contributed by atoms with van der Waals surface area (Å²) >= 11 is 6.17. The van der Waals surface area contributed by atoms with Crippen molar-refractivity contribution in [2.75, 3.05) is 0 Å². The highest BCUT2D eigenvalue weighted by atomic mass is 35.5. The molecule has 104 valence electrons. The molecule has 3 nitrogen and oxygen atoms in total. The number of halogens is 1. The molecule has 0 bridgehead atoms. The van der Waals surface area contributed by atoms with Crippen LogP contribution in [-0.4, -0.2) is 11.9 Å². The Bertz CT molecular complexity index is 453. The van der Waals surface area contributed by atoms with Crippen molar-refractivity contribution in [3.05, 3.63) is 28.8 Å². The molecule has 0 saturated heterocycles. The first kappa shape index (κ1) is 14.2. The summed E-state index contributed by atoms with van der Waals surface area (Å²) in [6.45, 7) is 2.25. The molecule has 1 aliphatic carbocycles. The van der Waals surface area contributed by atoms with Gasteiger partial charge in [-0.25, -0.2) is 0 Å². The molecule has 19 heavy (non-hydrogen) atoms. The molecule has 1 saturated carbocycles. The summed E-state index contributed by atoms with van der Waals surface area (Å²) in [5.74, 6) is 1.58. The maximum Gasteiger partial charge on any atom is 0.138 e. The molecule has 0 radical (unpaired) electrons. The number of nitrogens with one attached hydrogen (secondary N) is 1. The molecule has 0 amide bonds. The Morgan fingerprint density at radius 1 is 1.37 bits per heavy atom. The number of hydrogen-bond donors (Lipinski definition) is 2. The number of hydrogen-bond acceptors (Lipinski definition) is 2. The van der Waals surface area contributed by atoms with E-state index < -0.39 is 0 Å². The van der Waals surface area contributed by atoms with Crippen LogP contribution in [0.2, 0.25) is 5.02 Å². The lowest BCUT2D eigenvalue weighted by atomic mass is 9.86. The molecule has 0 unspecified atom stereocenters. The largest absolute Gasteiger partial charge is 0.489 e. The summed E-state index contributed by atoms with van der Waals surface area (Å²) in [5, 5.41) is 7.91. The van der Waals surface area contributed by atoms with Crippen molar-refractivity contribution in [3.63, 3.8) is 0 Å². The lowest BCUT2D eigenvalue weighted by molar-refractivity contribution is 0.130. The highest BCUT2D eigenvalue weighted by Crippen LogP contribution is 2.32. The molecule has 1 aliphatic rings. The van der Waals surface area contributed by atoms with Gasteiger partial charge in [-0.05, 0) is 49.8 Å². The van der Waals surface area contributed by atoms with Crippen molar-refractivity contribution < 1.29 is 4.74 Å². The molecule has 0 spiro atoms. The zero-order valence-electron chi connectivity index (χ0n) is 11.3. The van der Waals surface area contributed by atoms with E-state index in [-0.39, 0.29) is 11.9 Å². The minimum Gasteiger partial charge on any atom is -0.489 e. The lowest BCUT2D eigenvalue weighted by Crippen LogP contribution is -2.24. The predicted molar refractivity (Wildman–Crippen MR) is 79.1 cm³/mol. The van der Waals surface area contributed by atoms with Crippen molar-refractivity contribution in [1.82, 2.24) is 0 Å². The average Bonchev–Trinajstić information content (AvgIpc) is 2.41. The van der Waals surface area contributed by atoms with Crippen LogP contribution in [0.5, 0.6) is 5.75 Å². The summed E-state index contributed by atoms with van der Waals surface area (Å²) in [6, 6.07) is 5.28. The van der Waals surface area contributed by atoms with Gasteiger partial charge in [0.15, 0.2) is 0 Å². The van der Waals surface area contributed by atoms with Crippen molar-refractivity contribution >= 4 is 17.4 Å². The van der Waals surface area contributed by atoms with Crippen molar-refractivity contribution in [1.29, 1.82) is 5.41 Å². The average molecular weight is 281 g/mol. The standard InChI is InChI=1S/C15H21ClN2O/c1-2-10-3-6-12(7-4-10)19-14-8-5-11(15(17)18)9-13(14)16/h5,8-10,12H,2-4,6-7H2,1H3,(H3,17,18). The second-order valence-corrected chi connectivity index (χ2v) is 5.63. The monoisotopic (exact) mass is 280 g/mol. The van der Waals surface area contributed by atoms with Gasteiger partial charge in [-0.3, -0.25) is 5.41 Å². The number of ether oxygens (including phenoxy) is 1. The van der Waals surface area contributed by atoms with Gasteiger partial charge in [0.1, 0.15) is 11.6 Å². The maximum absolute atomic E-state index is 7.38. The lowest BCUT2D eigenvalue weighted by Gasteiger charge is -2.28. The van der Waals surface area contributed by atoms with E-state index in [4.69, 9.17) is 27.5 Å². The highest BCUT2D eigenvalue weighted by molar-refractivity contribution is 6.32. The highest BCUT2D eigenvalue weighted by Gasteiger charge is 2.21. The van der Waals surface area contributed by atoms with E-state index in [9.17, 15) is 0 Å². The van der Waals surface area contributed by atoms with Crippen LogP contribution in [0.15, 0.2) is 18.2 Å². The number of nitrogen functional groups attached to an aromatic ring is 1. The second kappa shape index (κ2) is 6.29. The summed E-state index contributed by atoms with van der Waals surface area (Å²) in [7, 11) is 0. The molecule has 3 N–H and O–H groups in total. The van der Waals surface area contributed by atoms with Crippen LogP contribution in [0, 0.1) is 11.3 Å². The zero-order valence-corrected chi connectivity index (χ0v) is 12.0. The first-order chi connectivity index (χ1) is 9.10. The molecule has 1 fully saturated rings. The molecule has 0 atom stereocenters. The van der Waals surface area contributed by atoms with Gasteiger partial charge in [-0.1, -0.05) is 24.9 Å². The second-order valence-electron chi connectivity index (χ2n) is 5.23. The molecule has 0 aromatic heterocycles. The Morgan fingerprint density at radius 2 is 2.05 bits per heavy atom. The van der Waals surface area contributed by atoms with Crippen molar-refractivity contribution in [3.8, 4) is 5.75 Å². The third-order valence-corrected chi connectivity index (χ3v) is 4.20. The fourth-order valence-electron chi connectivity index (χ4n) is 2.60. The molecule has 0 heterocycles. The molecular formula is C15H21ClN2O. The van der Waals surface area contributed by atoms with E-state index in [0.29, 0.717) is 16.3 Å². The van der Waals surface area contributed by atoms with Crippen LogP contribution in [-0.2, 0) is 0 Å².